The molecular weight excluding hydrogens is 394 g/mol. The molecule has 0 amide bonds. The monoisotopic (exact) mass is 429 g/mol. The highest BCUT2D eigenvalue weighted by Gasteiger charge is 2.23. The van der Waals surface area contributed by atoms with Crippen molar-refractivity contribution in [3.05, 3.63) is 69.9 Å². The number of hydrogen-bond donors (Lipinski definition) is 0. The van der Waals surface area contributed by atoms with Gasteiger partial charge in [-0.25, -0.2) is 9.97 Å². The number of anilines is 1. The van der Waals surface area contributed by atoms with Crippen LogP contribution in [-0.2, 0) is 6.61 Å². The molecule has 0 saturated carbocycles. The highest BCUT2D eigenvalue weighted by atomic mass is 16.5. The summed E-state index contributed by atoms with van der Waals surface area (Å²) >= 11 is 0. The summed E-state index contributed by atoms with van der Waals surface area (Å²) in [7, 11) is 0. The molecule has 1 saturated heterocycles. The van der Waals surface area contributed by atoms with E-state index in [1.165, 1.54) is 29.5 Å². The predicted molar refractivity (Wildman–Crippen MR) is 133 cm³/mol. The molecular formula is C28H35N3O. The lowest BCUT2D eigenvalue weighted by Gasteiger charge is -2.23. The van der Waals surface area contributed by atoms with Crippen molar-refractivity contribution in [2.45, 2.75) is 66.9 Å². The van der Waals surface area contributed by atoms with Crippen molar-refractivity contribution in [2.75, 3.05) is 18.0 Å². The molecule has 32 heavy (non-hydrogen) atoms. The number of nitrogens with zero attached hydrogens (tertiary/aromatic N) is 3. The molecule has 3 aromatic rings. The van der Waals surface area contributed by atoms with Crippen molar-refractivity contribution in [3.63, 3.8) is 0 Å². The summed E-state index contributed by atoms with van der Waals surface area (Å²) < 4.78 is 6.38. The molecule has 0 aliphatic carbocycles. The molecule has 168 valence electrons. The molecule has 1 aliphatic rings. The van der Waals surface area contributed by atoms with E-state index in [1.807, 2.05) is 0 Å². The predicted octanol–water partition coefficient (Wildman–Crippen LogP) is 6.68. The zero-order chi connectivity index (χ0) is 22.8. The number of ether oxygens (including phenoxy) is 1. The largest absolute Gasteiger partial charge is 0.488 e. The topological polar surface area (TPSA) is 38.3 Å². The van der Waals surface area contributed by atoms with Crippen LogP contribution < -0.4 is 9.64 Å². The summed E-state index contributed by atoms with van der Waals surface area (Å²) in [5, 5.41) is 0. The van der Waals surface area contributed by atoms with Crippen LogP contribution in [0.4, 0.5) is 5.82 Å². The Bertz CT molecular complexity index is 1090. The van der Waals surface area contributed by atoms with Gasteiger partial charge in [-0.05, 0) is 74.8 Å². The van der Waals surface area contributed by atoms with Crippen molar-refractivity contribution in [2.24, 2.45) is 0 Å². The maximum atomic E-state index is 6.38. The first kappa shape index (κ1) is 22.3. The van der Waals surface area contributed by atoms with Gasteiger partial charge < -0.3 is 9.64 Å². The average Bonchev–Trinajstić information content (AvgIpc) is 3.28. The van der Waals surface area contributed by atoms with E-state index in [4.69, 9.17) is 14.7 Å². The van der Waals surface area contributed by atoms with E-state index < -0.39 is 0 Å². The van der Waals surface area contributed by atoms with Crippen LogP contribution >= 0.6 is 0 Å². The zero-order valence-corrected chi connectivity index (χ0v) is 20.3. The first-order valence-electron chi connectivity index (χ1n) is 11.8. The fourth-order valence-corrected chi connectivity index (χ4v) is 4.50. The second-order valence-corrected chi connectivity index (χ2v) is 9.36. The Morgan fingerprint density at radius 3 is 2.25 bits per heavy atom. The number of aromatic nitrogens is 2. The van der Waals surface area contributed by atoms with Gasteiger partial charge in [-0.3, -0.25) is 0 Å². The number of hydrogen-bond acceptors (Lipinski definition) is 4. The van der Waals surface area contributed by atoms with Gasteiger partial charge in [0.25, 0.3) is 0 Å². The maximum absolute atomic E-state index is 6.38. The molecule has 0 N–H and O–H groups in total. The molecule has 0 radical (unpaired) electrons. The molecule has 4 heteroatoms. The third-order valence-electron chi connectivity index (χ3n) is 6.55. The van der Waals surface area contributed by atoms with Gasteiger partial charge in [0.2, 0.25) is 0 Å². The van der Waals surface area contributed by atoms with Crippen molar-refractivity contribution in [3.8, 4) is 17.1 Å². The SMILES string of the molecule is Cc1ccc(C(C)C)cc1OCc1c(C)nc(-c2c(C)cccc2C)nc1N1CCCC1. The summed E-state index contributed by atoms with van der Waals surface area (Å²) in [6.07, 6.45) is 2.41. The second-order valence-electron chi connectivity index (χ2n) is 9.36. The number of aryl methyl sites for hydroxylation is 4. The first-order valence-corrected chi connectivity index (χ1v) is 11.8. The van der Waals surface area contributed by atoms with Crippen LogP contribution in [0.1, 0.15) is 66.1 Å². The lowest BCUT2D eigenvalue weighted by atomic mass is 10.0. The Hall–Kier alpha value is -2.88. The van der Waals surface area contributed by atoms with Crippen LogP contribution in [0.3, 0.4) is 0 Å². The normalized spacial score (nSPS) is 13.8. The third kappa shape index (κ3) is 4.50. The van der Waals surface area contributed by atoms with Gasteiger partial charge in [0.15, 0.2) is 5.82 Å². The van der Waals surface area contributed by atoms with Crippen LogP contribution in [0.15, 0.2) is 36.4 Å². The van der Waals surface area contributed by atoms with Crippen LogP contribution in [0, 0.1) is 27.7 Å². The van der Waals surface area contributed by atoms with Gasteiger partial charge in [-0.2, -0.15) is 0 Å². The van der Waals surface area contributed by atoms with Gasteiger partial charge in [0, 0.05) is 18.7 Å². The van der Waals surface area contributed by atoms with Crippen molar-refractivity contribution >= 4 is 5.82 Å². The van der Waals surface area contributed by atoms with Crippen LogP contribution in [0.25, 0.3) is 11.4 Å². The Morgan fingerprint density at radius 1 is 0.906 bits per heavy atom. The minimum Gasteiger partial charge on any atom is -0.488 e. The Balaban J connectivity index is 1.73. The van der Waals surface area contributed by atoms with Gasteiger partial charge in [-0.15, -0.1) is 0 Å². The molecule has 2 aromatic carbocycles. The molecule has 0 bridgehead atoms. The van der Waals surface area contributed by atoms with E-state index in [0.717, 1.165) is 52.9 Å². The molecule has 1 aromatic heterocycles. The Labute approximate surface area is 192 Å². The summed E-state index contributed by atoms with van der Waals surface area (Å²) in [6, 6.07) is 12.9. The van der Waals surface area contributed by atoms with Crippen LogP contribution in [0.5, 0.6) is 5.75 Å². The molecule has 2 heterocycles. The van der Waals surface area contributed by atoms with Crippen LogP contribution in [-0.4, -0.2) is 23.1 Å². The lowest BCUT2D eigenvalue weighted by Crippen LogP contribution is -2.23. The summed E-state index contributed by atoms with van der Waals surface area (Å²) in [4.78, 5) is 12.5. The minimum atomic E-state index is 0.472. The molecule has 0 spiro atoms. The molecule has 1 fully saturated rings. The van der Waals surface area contributed by atoms with Crippen molar-refractivity contribution in [1.29, 1.82) is 0 Å². The summed E-state index contributed by atoms with van der Waals surface area (Å²) in [6.45, 7) is 15.5. The molecule has 1 aliphatic heterocycles. The molecule has 4 rings (SSSR count). The van der Waals surface area contributed by atoms with Gasteiger partial charge >= 0.3 is 0 Å². The highest BCUT2D eigenvalue weighted by Crippen LogP contribution is 2.32. The third-order valence-corrected chi connectivity index (χ3v) is 6.55. The van der Waals surface area contributed by atoms with Gasteiger partial charge in [-0.1, -0.05) is 44.2 Å². The summed E-state index contributed by atoms with van der Waals surface area (Å²) in [5.41, 5.74) is 8.10. The Kier molecular flexibility index (Phi) is 6.50. The lowest BCUT2D eigenvalue weighted by molar-refractivity contribution is 0.302. The van der Waals surface area contributed by atoms with Crippen LogP contribution in [0.2, 0.25) is 0 Å². The molecule has 0 unspecified atom stereocenters. The quantitative estimate of drug-likeness (QED) is 0.438. The van der Waals surface area contributed by atoms with Gasteiger partial charge in [0.05, 0.1) is 11.3 Å². The highest BCUT2D eigenvalue weighted by molar-refractivity contribution is 5.67. The van der Waals surface area contributed by atoms with E-state index in [0.29, 0.717) is 12.5 Å². The zero-order valence-electron chi connectivity index (χ0n) is 20.3. The number of benzene rings is 2. The smallest absolute Gasteiger partial charge is 0.162 e. The standard InChI is InChI=1S/C28H35N3O/c1-18(2)23-13-12-19(3)25(16-23)32-17-24-22(6)29-27(26-20(4)10-9-11-21(26)5)30-28(24)31-14-7-8-15-31/h9-13,16,18H,7-8,14-15,17H2,1-6H3. The van der Waals surface area contributed by atoms with E-state index in [-0.39, 0.29) is 0 Å². The van der Waals surface area contributed by atoms with E-state index in [2.05, 4.69) is 82.8 Å². The first-order chi connectivity index (χ1) is 15.3. The van der Waals surface area contributed by atoms with E-state index >= 15 is 0 Å². The second kappa shape index (κ2) is 9.32. The Morgan fingerprint density at radius 2 is 1.59 bits per heavy atom. The van der Waals surface area contributed by atoms with E-state index in [1.54, 1.807) is 0 Å². The maximum Gasteiger partial charge on any atom is 0.162 e. The summed E-state index contributed by atoms with van der Waals surface area (Å²) in [5.74, 6) is 3.27. The number of rotatable bonds is 6. The van der Waals surface area contributed by atoms with Gasteiger partial charge in [0.1, 0.15) is 18.2 Å². The molecule has 4 nitrogen and oxygen atoms in total. The van der Waals surface area contributed by atoms with E-state index in [9.17, 15) is 0 Å². The minimum absolute atomic E-state index is 0.472. The molecule has 0 atom stereocenters. The average molecular weight is 430 g/mol. The fourth-order valence-electron chi connectivity index (χ4n) is 4.50. The fraction of sp³-hybridized carbons (Fsp3) is 0.429. The van der Waals surface area contributed by atoms with Crippen molar-refractivity contribution < 1.29 is 4.74 Å². The van der Waals surface area contributed by atoms with Crippen molar-refractivity contribution in [1.82, 2.24) is 9.97 Å².